The smallest absolute Gasteiger partial charge is 0.122 e. The number of aromatic nitrogens is 2. The second-order valence-electron chi connectivity index (χ2n) is 7.26. The number of hydrogen-bond donors (Lipinski definition) is 0. The summed E-state index contributed by atoms with van der Waals surface area (Å²) in [5.41, 5.74) is 0.277. The molecule has 2 aromatic rings. The molecule has 5 nitrogen and oxygen atoms in total. The van der Waals surface area contributed by atoms with E-state index in [-0.39, 0.29) is 5.41 Å². The van der Waals surface area contributed by atoms with E-state index in [1.165, 1.54) is 11.3 Å². The lowest BCUT2D eigenvalue weighted by atomic mass is 9.87. The molecule has 1 atom stereocenters. The summed E-state index contributed by atoms with van der Waals surface area (Å²) < 4.78 is 8.13. The Morgan fingerprint density at radius 1 is 1.25 bits per heavy atom. The van der Waals surface area contributed by atoms with Crippen LogP contribution in [-0.4, -0.2) is 58.7 Å². The Balaban J connectivity index is 1.41. The lowest BCUT2D eigenvalue weighted by Gasteiger charge is -2.31. The van der Waals surface area contributed by atoms with Crippen LogP contribution in [0.4, 0.5) is 0 Å². The number of nitrogens with zero attached hydrogens (tertiary/aromatic N) is 4. The largest absolute Gasteiger partial charge is 0.379 e. The molecule has 4 heterocycles. The van der Waals surface area contributed by atoms with Crippen molar-refractivity contribution in [3.05, 3.63) is 40.6 Å². The summed E-state index contributed by atoms with van der Waals surface area (Å²) in [5, 5.41) is 2.17. The van der Waals surface area contributed by atoms with Crippen LogP contribution in [0.3, 0.4) is 0 Å². The minimum Gasteiger partial charge on any atom is -0.379 e. The first-order valence-corrected chi connectivity index (χ1v) is 9.62. The lowest BCUT2D eigenvalue weighted by molar-refractivity contribution is 0.0704. The van der Waals surface area contributed by atoms with Crippen molar-refractivity contribution >= 4 is 11.3 Å². The van der Waals surface area contributed by atoms with E-state index in [0.29, 0.717) is 0 Å². The maximum Gasteiger partial charge on any atom is 0.122 e. The zero-order valence-electron chi connectivity index (χ0n) is 14.4. The molecule has 0 saturated carbocycles. The Hall–Kier alpha value is -1.21. The van der Waals surface area contributed by atoms with Crippen molar-refractivity contribution in [2.45, 2.75) is 19.5 Å². The summed E-state index contributed by atoms with van der Waals surface area (Å²) in [4.78, 5) is 11.1. The fourth-order valence-electron chi connectivity index (χ4n) is 4.00. The molecular weight excluding hydrogens is 320 g/mol. The molecule has 0 bridgehead atoms. The van der Waals surface area contributed by atoms with Gasteiger partial charge in [-0.25, -0.2) is 4.98 Å². The van der Waals surface area contributed by atoms with Crippen LogP contribution in [0.1, 0.15) is 17.1 Å². The molecule has 2 aliphatic heterocycles. The van der Waals surface area contributed by atoms with Gasteiger partial charge in [0.25, 0.3) is 0 Å². The number of imidazole rings is 1. The first-order chi connectivity index (χ1) is 11.7. The van der Waals surface area contributed by atoms with E-state index in [9.17, 15) is 0 Å². The molecule has 6 heteroatoms. The Kier molecular flexibility index (Phi) is 4.72. The Bertz CT molecular complexity index is 656. The highest BCUT2D eigenvalue weighted by molar-refractivity contribution is 7.09. The predicted molar refractivity (Wildman–Crippen MR) is 96.0 cm³/mol. The van der Waals surface area contributed by atoms with E-state index >= 15 is 0 Å². The minimum absolute atomic E-state index is 0.277. The van der Waals surface area contributed by atoms with Crippen LogP contribution >= 0.6 is 11.3 Å². The third-order valence-electron chi connectivity index (χ3n) is 5.28. The number of likely N-dealkylation sites (tertiary alicyclic amines) is 1. The van der Waals surface area contributed by atoms with Crippen LogP contribution in [0.5, 0.6) is 0 Å². The first kappa shape index (κ1) is 16.3. The van der Waals surface area contributed by atoms with Crippen LogP contribution in [0.2, 0.25) is 0 Å². The number of hydrogen-bond acceptors (Lipinski definition) is 5. The van der Waals surface area contributed by atoms with Gasteiger partial charge in [-0.1, -0.05) is 6.07 Å². The zero-order chi connectivity index (χ0) is 16.4. The van der Waals surface area contributed by atoms with Crippen molar-refractivity contribution in [3.8, 4) is 0 Å². The molecular formula is C18H26N4OS. The summed E-state index contributed by atoms with van der Waals surface area (Å²) in [5.74, 6) is 1.15. The highest BCUT2D eigenvalue weighted by atomic mass is 32.1. The van der Waals surface area contributed by atoms with Gasteiger partial charge in [-0.3, -0.25) is 9.80 Å². The summed E-state index contributed by atoms with van der Waals surface area (Å²) in [7, 11) is 2.08. The van der Waals surface area contributed by atoms with E-state index in [0.717, 1.165) is 58.3 Å². The van der Waals surface area contributed by atoms with Gasteiger partial charge in [0.05, 0.1) is 19.8 Å². The van der Waals surface area contributed by atoms with Crippen LogP contribution < -0.4 is 0 Å². The monoisotopic (exact) mass is 346 g/mol. The molecule has 4 rings (SSSR count). The average Bonchev–Trinajstić information content (AvgIpc) is 3.26. The van der Waals surface area contributed by atoms with Crippen LogP contribution in [0, 0.1) is 5.41 Å². The van der Waals surface area contributed by atoms with Crippen LogP contribution in [-0.2, 0) is 24.9 Å². The highest BCUT2D eigenvalue weighted by Crippen LogP contribution is 2.34. The summed E-state index contributed by atoms with van der Waals surface area (Å²) in [6, 6.07) is 4.39. The third-order valence-corrected chi connectivity index (χ3v) is 6.14. The normalized spacial score (nSPS) is 26.2. The van der Waals surface area contributed by atoms with Crippen LogP contribution in [0.15, 0.2) is 29.9 Å². The Morgan fingerprint density at radius 3 is 2.88 bits per heavy atom. The van der Waals surface area contributed by atoms with E-state index in [4.69, 9.17) is 4.74 Å². The van der Waals surface area contributed by atoms with Crippen molar-refractivity contribution in [1.29, 1.82) is 0 Å². The minimum atomic E-state index is 0.277. The van der Waals surface area contributed by atoms with Gasteiger partial charge in [0, 0.05) is 55.9 Å². The van der Waals surface area contributed by atoms with Crippen molar-refractivity contribution in [1.82, 2.24) is 19.4 Å². The quantitative estimate of drug-likeness (QED) is 0.850. The van der Waals surface area contributed by atoms with Crippen molar-refractivity contribution in [2.24, 2.45) is 12.5 Å². The predicted octanol–water partition coefficient (Wildman–Crippen LogP) is 2.21. The maximum absolute atomic E-state index is 6.00. The molecule has 130 valence electrons. The van der Waals surface area contributed by atoms with E-state index in [2.05, 4.69) is 43.9 Å². The topological polar surface area (TPSA) is 33.5 Å². The van der Waals surface area contributed by atoms with Gasteiger partial charge < -0.3 is 9.30 Å². The molecule has 0 unspecified atom stereocenters. The molecule has 0 aliphatic carbocycles. The molecule has 24 heavy (non-hydrogen) atoms. The third kappa shape index (κ3) is 3.57. The van der Waals surface area contributed by atoms with Crippen molar-refractivity contribution in [2.75, 3.05) is 39.4 Å². The van der Waals surface area contributed by atoms with E-state index in [1.54, 1.807) is 0 Å². The number of ether oxygens (including phenoxy) is 1. The van der Waals surface area contributed by atoms with E-state index < -0.39 is 0 Å². The molecule has 0 amide bonds. The van der Waals surface area contributed by atoms with Crippen LogP contribution in [0.25, 0.3) is 0 Å². The van der Waals surface area contributed by atoms with Gasteiger partial charge in [0.1, 0.15) is 5.82 Å². The Morgan fingerprint density at radius 2 is 2.12 bits per heavy atom. The molecule has 0 N–H and O–H groups in total. The van der Waals surface area contributed by atoms with E-state index in [1.807, 2.05) is 23.7 Å². The molecule has 0 radical (unpaired) electrons. The molecule has 2 fully saturated rings. The highest BCUT2D eigenvalue weighted by Gasteiger charge is 2.41. The molecule has 1 spiro atoms. The second kappa shape index (κ2) is 6.96. The van der Waals surface area contributed by atoms with Gasteiger partial charge in [-0.05, 0) is 24.4 Å². The number of rotatable bonds is 4. The van der Waals surface area contributed by atoms with Gasteiger partial charge in [0.2, 0.25) is 0 Å². The fraction of sp³-hybridized carbons (Fsp3) is 0.611. The SMILES string of the molecule is Cn1ccnc1CN1CC[C@]2(COCCN(Cc3cccs3)C2)C1. The summed E-state index contributed by atoms with van der Waals surface area (Å²) in [6.07, 6.45) is 5.13. The number of aryl methyl sites for hydroxylation is 1. The van der Waals surface area contributed by atoms with Gasteiger partial charge in [-0.15, -0.1) is 11.3 Å². The van der Waals surface area contributed by atoms with Crippen molar-refractivity contribution in [3.63, 3.8) is 0 Å². The second-order valence-corrected chi connectivity index (χ2v) is 8.29. The standard InChI is InChI=1S/C18H26N4OS/c1-20-7-5-19-17(20)12-21-6-4-18(13-21)14-22(8-9-23-15-18)11-16-3-2-10-24-16/h2-3,5,7,10H,4,6,8-9,11-15H2,1H3/t18-/m0/s1. The molecule has 2 aliphatic rings. The van der Waals surface area contributed by atoms with Gasteiger partial charge >= 0.3 is 0 Å². The van der Waals surface area contributed by atoms with Crippen molar-refractivity contribution < 1.29 is 4.74 Å². The average molecular weight is 347 g/mol. The lowest BCUT2D eigenvalue weighted by Crippen LogP contribution is -2.40. The van der Waals surface area contributed by atoms with Gasteiger partial charge in [0.15, 0.2) is 0 Å². The summed E-state index contributed by atoms with van der Waals surface area (Å²) in [6.45, 7) is 8.18. The maximum atomic E-state index is 6.00. The summed E-state index contributed by atoms with van der Waals surface area (Å²) >= 11 is 1.86. The molecule has 0 aromatic carbocycles. The van der Waals surface area contributed by atoms with Gasteiger partial charge in [-0.2, -0.15) is 0 Å². The molecule has 2 saturated heterocycles. The molecule has 2 aromatic heterocycles. The zero-order valence-corrected chi connectivity index (χ0v) is 15.2. The fourth-order valence-corrected chi connectivity index (χ4v) is 4.74. The first-order valence-electron chi connectivity index (χ1n) is 8.74. The number of thiophene rings is 1. The Labute approximate surface area is 147 Å².